The smallest absolute Gasteiger partial charge is 0.326 e. The molecule has 0 fully saturated rings. The van der Waals surface area contributed by atoms with Crippen LogP contribution in [0.3, 0.4) is 0 Å². The summed E-state index contributed by atoms with van der Waals surface area (Å²) in [5.74, 6) is -3.56. The summed E-state index contributed by atoms with van der Waals surface area (Å²) in [5.41, 5.74) is 8.64. The number of nitrogens with one attached hydrogen (secondary N) is 5. The first-order valence-electron chi connectivity index (χ1n) is 13.4. The number of aromatic nitrogens is 3. The monoisotopic (exact) mass is 553 g/mol. The summed E-state index contributed by atoms with van der Waals surface area (Å²) in [6.45, 7) is 7.05. The minimum absolute atomic E-state index is 0.0778. The van der Waals surface area contributed by atoms with Gasteiger partial charge < -0.3 is 36.8 Å². The molecule has 3 rings (SSSR count). The summed E-state index contributed by atoms with van der Waals surface area (Å²) in [6, 6.07) is 3.54. The Labute approximate surface area is 232 Å². The summed E-state index contributed by atoms with van der Waals surface area (Å²) in [5, 5.41) is 18.5. The van der Waals surface area contributed by atoms with Gasteiger partial charge in [0.25, 0.3) is 0 Å². The number of carbonyl (C=O) groups excluding carboxylic acids is 3. The van der Waals surface area contributed by atoms with Crippen LogP contribution in [0.15, 0.2) is 43.0 Å². The fourth-order valence-corrected chi connectivity index (χ4v) is 4.45. The number of carboxylic acid groups (broad SMARTS) is 1. The molecule has 1 aromatic carbocycles. The highest BCUT2D eigenvalue weighted by Gasteiger charge is 2.33. The van der Waals surface area contributed by atoms with Crippen LogP contribution in [0.5, 0.6) is 0 Å². The van der Waals surface area contributed by atoms with E-state index in [1.165, 1.54) is 12.5 Å². The Bertz CT molecular complexity index is 1300. The lowest BCUT2D eigenvalue weighted by atomic mass is 9.97. The topological polar surface area (TPSA) is 195 Å². The second kappa shape index (κ2) is 13.7. The Morgan fingerprint density at radius 1 is 0.950 bits per heavy atom. The van der Waals surface area contributed by atoms with Crippen molar-refractivity contribution in [1.82, 2.24) is 30.9 Å². The van der Waals surface area contributed by atoms with Gasteiger partial charge in [-0.05, 0) is 29.9 Å². The number of aliphatic carboxylic acids is 1. The third-order valence-electron chi connectivity index (χ3n) is 7.09. The van der Waals surface area contributed by atoms with Crippen molar-refractivity contribution in [2.24, 2.45) is 17.6 Å². The van der Waals surface area contributed by atoms with Crippen molar-refractivity contribution < 1.29 is 24.3 Å². The van der Waals surface area contributed by atoms with E-state index in [0.29, 0.717) is 12.1 Å². The number of hydrogen-bond acceptors (Lipinski definition) is 6. The van der Waals surface area contributed by atoms with Gasteiger partial charge in [0.1, 0.15) is 18.1 Å². The third kappa shape index (κ3) is 7.69. The number of carboxylic acids is 1. The number of carbonyl (C=O) groups is 4. The molecule has 3 aromatic rings. The zero-order valence-electron chi connectivity index (χ0n) is 23.2. The van der Waals surface area contributed by atoms with E-state index < -0.39 is 47.9 Å². The molecule has 0 radical (unpaired) electrons. The van der Waals surface area contributed by atoms with Crippen LogP contribution in [0.25, 0.3) is 10.9 Å². The molecule has 0 aliphatic rings. The van der Waals surface area contributed by atoms with Gasteiger partial charge in [-0.1, -0.05) is 52.3 Å². The van der Waals surface area contributed by atoms with Crippen LogP contribution in [0, 0.1) is 11.8 Å². The maximum atomic E-state index is 13.4. The van der Waals surface area contributed by atoms with E-state index in [1.54, 1.807) is 20.8 Å². The molecule has 12 heteroatoms. The largest absolute Gasteiger partial charge is 0.480 e. The van der Waals surface area contributed by atoms with Crippen molar-refractivity contribution >= 4 is 34.6 Å². The molecule has 40 heavy (non-hydrogen) atoms. The zero-order chi connectivity index (χ0) is 29.4. The highest BCUT2D eigenvalue weighted by atomic mass is 16.4. The molecule has 5 atom stereocenters. The van der Waals surface area contributed by atoms with Gasteiger partial charge in [0.2, 0.25) is 17.7 Å². The lowest BCUT2D eigenvalue weighted by Gasteiger charge is -2.28. The van der Waals surface area contributed by atoms with E-state index in [9.17, 15) is 24.3 Å². The van der Waals surface area contributed by atoms with Crippen molar-refractivity contribution in [2.45, 2.75) is 71.1 Å². The number of nitrogens with zero attached hydrogens (tertiary/aromatic N) is 1. The lowest BCUT2D eigenvalue weighted by Crippen LogP contribution is -2.59. The average molecular weight is 554 g/mol. The quantitative estimate of drug-likeness (QED) is 0.156. The second-order valence-corrected chi connectivity index (χ2v) is 10.5. The first-order chi connectivity index (χ1) is 19.0. The van der Waals surface area contributed by atoms with Gasteiger partial charge in [-0.25, -0.2) is 9.78 Å². The molecular formula is C28H39N7O5. The molecule has 216 valence electrons. The minimum Gasteiger partial charge on any atom is -0.480 e. The first kappa shape index (κ1) is 30.4. The standard InChI is InChI=1S/C28H39N7O5/c1-5-16(4)24(28(39)40)35-27(38)23(15(2)3)34-26(37)22(11-18-13-30-14-32-18)33-25(36)20(29)10-17-12-31-21-9-7-6-8-19(17)21/h6-9,12-16,20,22-24,31H,5,10-11,29H2,1-4H3,(H,30,32)(H,33,36)(H,34,37)(H,35,38)(H,39,40). The normalized spacial score (nSPS) is 15.2. The average Bonchev–Trinajstić information content (AvgIpc) is 3.59. The number of para-hydroxylation sites is 1. The number of aromatic amines is 2. The first-order valence-corrected chi connectivity index (χ1v) is 13.4. The Hall–Kier alpha value is -4.19. The molecule has 2 heterocycles. The number of imidazole rings is 1. The number of rotatable bonds is 14. The van der Waals surface area contributed by atoms with Crippen LogP contribution >= 0.6 is 0 Å². The van der Waals surface area contributed by atoms with Crippen LogP contribution in [0.1, 0.15) is 45.4 Å². The third-order valence-corrected chi connectivity index (χ3v) is 7.09. The van der Waals surface area contributed by atoms with Gasteiger partial charge in [-0.15, -0.1) is 0 Å². The number of hydrogen-bond donors (Lipinski definition) is 7. The molecule has 2 aromatic heterocycles. The van der Waals surface area contributed by atoms with Crippen LogP contribution in [0.2, 0.25) is 0 Å². The summed E-state index contributed by atoms with van der Waals surface area (Å²) in [6.07, 6.45) is 5.68. The summed E-state index contributed by atoms with van der Waals surface area (Å²) in [7, 11) is 0. The predicted octanol–water partition coefficient (Wildman–Crippen LogP) is 1.24. The maximum absolute atomic E-state index is 13.4. The van der Waals surface area contributed by atoms with E-state index in [1.807, 2.05) is 37.4 Å². The second-order valence-electron chi connectivity index (χ2n) is 10.5. The molecule has 5 unspecified atom stereocenters. The van der Waals surface area contributed by atoms with Gasteiger partial charge >= 0.3 is 5.97 Å². The number of benzene rings is 1. The van der Waals surface area contributed by atoms with Crippen LogP contribution < -0.4 is 21.7 Å². The number of fused-ring (bicyclic) bond motifs is 1. The van der Waals surface area contributed by atoms with E-state index in [0.717, 1.165) is 16.5 Å². The molecule has 0 saturated carbocycles. The number of H-pyrrole nitrogens is 2. The number of amides is 3. The SMILES string of the molecule is CCC(C)C(NC(=O)C(NC(=O)C(Cc1cnc[nH]1)NC(=O)C(N)Cc1c[nH]c2ccccc12)C(C)C)C(=O)O. The molecule has 12 nitrogen and oxygen atoms in total. The molecule has 0 aliphatic heterocycles. The molecular weight excluding hydrogens is 514 g/mol. The minimum atomic E-state index is -1.15. The van der Waals surface area contributed by atoms with E-state index in [4.69, 9.17) is 5.73 Å². The van der Waals surface area contributed by atoms with Crippen molar-refractivity contribution in [3.05, 3.63) is 54.2 Å². The molecule has 8 N–H and O–H groups in total. The van der Waals surface area contributed by atoms with Crippen molar-refractivity contribution in [1.29, 1.82) is 0 Å². The zero-order valence-corrected chi connectivity index (χ0v) is 23.2. The Morgan fingerprint density at radius 3 is 2.27 bits per heavy atom. The summed E-state index contributed by atoms with van der Waals surface area (Å²) < 4.78 is 0. The highest BCUT2D eigenvalue weighted by molar-refractivity contribution is 5.94. The van der Waals surface area contributed by atoms with Gasteiger partial charge in [-0.2, -0.15) is 0 Å². The van der Waals surface area contributed by atoms with Gasteiger partial charge in [0, 0.05) is 35.4 Å². The Morgan fingerprint density at radius 2 is 1.65 bits per heavy atom. The van der Waals surface area contributed by atoms with Crippen molar-refractivity contribution in [3.8, 4) is 0 Å². The molecule has 0 saturated heterocycles. The molecule has 0 spiro atoms. The number of nitrogens with two attached hydrogens (primary N) is 1. The lowest BCUT2D eigenvalue weighted by molar-refractivity contribution is -0.144. The molecule has 3 amide bonds. The highest BCUT2D eigenvalue weighted by Crippen LogP contribution is 2.19. The van der Waals surface area contributed by atoms with Gasteiger partial charge in [0.15, 0.2) is 0 Å². The predicted molar refractivity (Wildman–Crippen MR) is 150 cm³/mol. The Balaban J connectivity index is 1.74. The summed E-state index contributed by atoms with van der Waals surface area (Å²) in [4.78, 5) is 61.5. The van der Waals surface area contributed by atoms with E-state index in [2.05, 4.69) is 30.9 Å². The van der Waals surface area contributed by atoms with Crippen molar-refractivity contribution in [3.63, 3.8) is 0 Å². The summed E-state index contributed by atoms with van der Waals surface area (Å²) >= 11 is 0. The van der Waals surface area contributed by atoms with Gasteiger partial charge in [-0.3, -0.25) is 14.4 Å². The van der Waals surface area contributed by atoms with Crippen LogP contribution in [0.4, 0.5) is 0 Å². The van der Waals surface area contributed by atoms with Crippen LogP contribution in [-0.4, -0.2) is 67.9 Å². The van der Waals surface area contributed by atoms with E-state index in [-0.39, 0.29) is 24.7 Å². The van der Waals surface area contributed by atoms with E-state index >= 15 is 0 Å². The Kier molecular flexibility index (Phi) is 10.4. The van der Waals surface area contributed by atoms with Crippen LogP contribution in [-0.2, 0) is 32.0 Å². The molecule has 0 aliphatic carbocycles. The van der Waals surface area contributed by atoms with Crippen molar-refractivity contribution in [2.75, 3.05) is 0 Å². The fourth-order valence-electron chi connectivity index (χ4n) is 4.45. The maximum Gasteiger partial charge on any atom is 0.326 e. The fraction of sp³-hybridized carbons (Fsp3) is 0.464. The van der Waals surface area contributed by atoms with Gasteiger partial charge in [0.05, 0.1) is 12.4 Å². The molecule has 0 bridgehead atoms.